The van der Waals surface area contributed by atoms with E-state index >= 15 is 0 Å². The molecule has 0 aromatic carbocycles. The van der Waals surface area contributed by atoms with Crippen LogP contribution in [-0.2, 0) is 23.0 Å². The Bertz CT molecular complexity index is 609. The summed E-state index contributed by atoms with van der Waals surface area (Å²) in [4.78, 5) is 14.5. The Morgan fingerprint density at radius 2 is 2.04 bits per heavy atom. The maximum atomic E-state index is 12.6. The van der Waals surface area contributed by atoms with E-state index in [0.717, 1.165) is 17.0 Å². The molecule has 1 aromatic heterocycles. The molecule has 6 heteroatoms. The van der Waals surface area contributed by atoms with E-state index in [1.54, 1.807) is 7.11 Å². The first-order valence-corrected chi connectivity index (χ1v) is 8.59. The van der Waals surface area contributed by atoms with Gasteiger partial charge in [0.25, 0.3) is 0 Å². The van der Waals surface area contributed by atoms with Crippen LogP contribution in [0, 0.1) is 19.3 Å². The van der Waals surface area contributed by atoms with Gasteiger partial charge in [-0.25, -0.2) is 0 Å². The molecule has 1 aliphatic heterocycles. The fraction of sp³-hybridized carbons (Fsp3) is 0.778. The molecule has 24 heavy (non-hydrogen) atoms. The number of aryl methyl sites for hydroxylation is 2. The fourth-order valence-corrected chi connectivity index (χ4v) is 3.65. The summed E-state index contributed by atoms with van der Waals surface area (Å²) in [6.07, 6.45) is 1.74. The van der Waals surface area contributed by atoms with Gasteiger partial charge in [0.05, 0.1) is 17.9 Å². The molecule has 0 spiro atoms. The van der Waals surface area contributed by atoms with Crippen molar-refractivity contribution in [2.24, 2.45) is 12.5 Å². The van der Waals surface area contributed by atoms with Crippen LogP contribution in [0.4, 0.5) is 0 Å². The third kappa shape index (κ3) is 3.49. The first-order valence-electron chi connectivity index (χ1n) is 8.59. The van der Waals surface area contributed by atoms with Gasteiger partial charge in [0.1, 0.15) is 0 Å². The summed E-state index contributed by atoms with van der Waals surface area (Å²) in [5.41, 5.74) is 2.01. The Labute approximate surface area is 144 Å². The topological polar surface area (TPSA) is 67.6 Å². The van der Waals surface area contributed by atoms with E-state index in [1.807, 2.05) is 44.3 Å². The molecule has 1 fully saturated rings. The van der Waals surface area contributed by atoms with Gasteiger partial charge in [0, 0.05) is 44.8 Å². The van der Waals surface area contributed by atoms with Crippen LogP contribution in [0.25, 0.3) is 0 Å². The largest absolute Gasteiger partial charge is 0.387 e. The number of hydrogen-bond acceptors (Lipinski definition) is 4. The molecule has 2 heterocycles. The average molecular weight is 337 g/mol. The van der Waals surface area contributed by atoms with Gasteiger partial charge in [-0.3, -0.25) is 9.48 Å². The Balaban J connectivity index is 1.99. The molecule has 0 radical (unpaired) electrons. The quantitative estimate of drug-likeness (QED) is 0.886. The summed E-state index contributed by atoms with van der Waals surface area (Å²) in [7, 11) is 3.53. The highest BCUT2D eigenvalue weighted by atomic mass is 16.5. The second kappa shape index (κ2) is 6.84. The molecule has 0 unspecified atom stereocenters. The van der Waals surface area contributed by atoms with Crippen LogP contribution in [0.2, 0.25) is 0 Å². The Hall–Kier alpha value is -1.40. The Morgan fingerprint density at radius 1 is 1.38 bits per heavy atom. The van der Waals surface area contributed by atoms with Crippen molar-refractivity contribution in [2.75, 3.05) is 26.8 Å². The molecule has 2 rings (SSSR count). The molecule has 0 bridgehead atoms. The van der Waals surface area contributed by atoms with E-state index < -0.39 is 11.0 Å². The number of aromatic nitrogens is 2. The van der Waals surface area contributed by atoms with E-state index in [0.29, 0.717) is 39.0 Å². The van der Waals surface area contributed by atoms with Gasteiger partial charge < -0.3 is 14.7 Å². The van der Waals surface area contributed by atoms with Gasteiger partial charge in [0.15, 0.2) is 0 Å². The first kappa shape index (κ1) is 18.9. The second-order valence-electron chi connectivity index (χ2n) is 7.69. The lowest BCUT2D eigenvalue weighted by Crippen LogP contribution is -2.60. The zero-order valence-corrected chi connectivity index (χ0v) is 15.8. The number of methoxy groups -OCH3 is 1. The van der Waals surface area contributed by atoms with Gasteiger partial charge in [-0.15, -0.1) is 0 Å². The number of rotatable bonds is 5. The van der Waals surface area contributed by atoms with E-state index in [-0.39, 0.29) is 5.91 Å². The number of ether oxygens (including phenoxy) is 1. The third-order valence-corrected chi connectivity index (χ3v) is 5.62. The molecule has 6 nitrogen and oxygen atoms in total. The van der Waals surface area contributed by atoms with E-state index in [9.17, 15) is 9.90 Å². The SMILES string of the molecule is COC[C@]1(O)CCN(C(=O)CCc2c(C)nn(C)c2C)CC1(C)C. The van der Waals surface area contributed by atoms with Crippen molar-refractivity contribution in [1.82, 2.24) is 14.7 Å². The van der Waals surface area contributed by atoms with Crippen molar-refractivity contribution in [1.29, 1.82) is 0 Å². The number of piperidine rings is 1. The summed E-state index contributed by atoms with van der Waals surface area (Å²) in [5, 5.41) is 15.2. The molecule has 1 saturated heterocycles. The minimum Gasteiger partial charge on any atom is -0.387 e. The highest BCUT2D eigenvalue weighted by Crippen LogP contribution is 2.39. The van der Waals surface area contributed by atoms with Crippen LogP contribution < -0.4 is 0 Å². The summed E-state index contributed by atoms with van der Waals surface area (Å²) in [6.45, 7) is 9.46. The molecule has 1 aliphatic rings. The average Bonchev–Trinajstić information content (AvgIpc) is 2.73. The molecular weight excluding hydrogens is 306 g/mol. The lowest BCUT2D eigenvalue weighted by molar-refractivity contribution is -0.163. The van der Waals surface area contributed by atoms with Crippen LogP contribution >= 0.6 is 0 Å². The molecule has 1 aromatic rings. The molecule has 0 aliphatic carbocycles. The lowest BCUT2D eigenvalue weighted by Gasteiger charge is -2.50. The molecule has 1 N–H and O–H groups in total. The smallest absolute Gasteiger partial charge is 0.222 e. The van der Waals surface area contributed by atoms with Crippen LogP contribution in [0.1, 0.15) is 43.6 Å². The maximum absolute atomic E-state index is 12.6. The van der Waals surface area contributed by atoms with E-state index in [2.05, 4.69) is 5.10 Å². The Morgan fingerprint density at radius 3 is 2.54 bits per heavy atom. The summed E-state index contributed by atoms with van der Waals surface area (Å²) in [5.74, 6) is 0.144. The maximum Gasteiger partial charge on any atom is 0.222 e. The molecule has 1 amide bonds. The van der Waals surface area contributed by atoms with Gasteiger partial charge in [-0.1, -0.05) is 13.8 Å². The number of likely N-dealkylation sites (tertiary alicyclic amines) is 1. The summed E-state index contributed by atoms with van der Waals surface area (Å²) in [6, 6.07) is 0. The van der Waals surface area contributed by atoms with Crippen LogP contribution in [0.5, 0.6) is 0 Å². The number of carbonyl (C=O) groups excluding carboxylic acids is 1. The number of nitrogens with zero attached hydrogens (tertiary/aromatic N) is 3. The molecule has 136 valence electrons. The van der Waals surface area contributed by atoms with Crippen LogP contribution in [0.15, 0.2) is 0 Å². The van der Waals surface area contributed by atoms with Gasteiger partial charge in [-0.2, -0.15) is 5.10 Å². The standard InChI is InChI=1S/C18H31N3O3/c1-13-15(14(2)20(5)19-13)7-8-16(22)21-10-9-18(23,12-24-6)17(3,4)11-21/h23H,7-12H2,1-6H3/t18-/m1/s1. The first-order chi connectivity index (χ1) is 11.1. The van der Waals surface area contributed by atoms with Crippen molar-refractivity contribution in [3.8, 4) is 0 Å². The van der Waals surface area contributed by atoms with Crippen molar-refractivity contribution >= 4 is 5.91 Å². The van der Waals surface area contributed by atoms with Gasteiger partial charge >= 0.3 is 0 Å². The predicted molar refractivity (Wildman–Crippen MR) is 92.8 cm³/mol. The van der Waals surface area contributed by atoms with E-state index in [4.69, 9.17) is 4.74 Å². The van der Waals surface area contributed by atoms with Crippen LogP contribution in [-0.4, -0.2) is 58.1 Å². The zero-order chi connectivity index (χ0) is 18.1. The number of amides is 1. The third-order valence-electron chi connectivity index (χ3n) is 5.62. The molecular formula is C18H31N3O3. The molecule has 1 atom stereocenters. The van der Waals surface area contributed by atoms with Crippen molar-refractivity contribution in [2.45, 2.75) is 52.6 Å². The summed E-state index contributed by atoms with van der Waals surface area (Å²) < 4.78 is 7.05. The summed E-state index contributed by atoms with van der Waals surface area (Å²) >= 11 is 0. The van der Waals surface area contributed by atoms with E-state index in [1.165, 1.54) is 0 Å². The normalized spacial score (nSPS) is 23.5. The van der Waals surface area contributed by atoms with Crippen molar-refractivity contribution in [3.63, 3.8) is 0 Å². The van der Waals surface area contributed by atoms with Crippen LogP contribution in [0.3, 0.4) is 0 Å². The minimum atomic E-state index is -0.880. The highest BCUT2D eigenvalue weighted by Gasteiger charge is 2.48. The fourth-order valence-electron chi connectivity index (χ4n) is 3.65. The second-order valence-corrected chi connectivity index (χ2v) is 7.69. The van der Waals surface area contributed by atoms with Crippen molar-refractivity contribution in [3.05, 3.63) is 17.0 Å². The lowest BCUT2D eigenvalue weighted by atomic mass is 9.70. The molecule has 0 saturated carbocycles. The monoisotopic (exact) mass is 337 g/mol. The Kier molecular flexibility index (Phi) is 5.40. The zero-order valence-electron chi connectivity index (χ0n) is 15.8. The predicted octanol–water partition coefficient (Wildman–Crippen LogP) is 1.61. The number of aliphatic hydroxyl groups is 1. The van der Waals surface area contributed by atoms with Gasteiger partial charge in [0.2, 0.25) is 5.91 Å². The van der Waals surface area contributed by atoms with Gasteiger partial charge in [-0.05, 0) is 32.3 Å². The number of hydrogen-bond donors (Lipinski definition) is 1. The minimum absolute atomic E-state index is 0.144. The number of carbonyl (C=O) groups is 1. The highest BCUT2D eigenvalue weighted by molar-refractivity contribution is 5.76. The van der Waals surface area contributed by atoms with Crippen molar-refractivity contribution < 1.29 is 14.6 Å².